The summed E-state index contributed by atoms with van der Waals surface area (Å²) >= 11 is 0. The molecule has 1 aromatic rings. The molecular formula is C14H25N7O3. The van der Waals surface area contributed by atoms with Gasteiger partial charge in [0, 0.05) is 38.3 Å². The summed E-state index contributed by atoms with van der Waals surface area (Å²) in [4.78, 5) is 23.3. The van der Waals surface area contributed by atoms with Crippen LogP contribution in [0, 0.1) is 10.1 Å². The minimum atomic E-state index is -0.456. The van der Waals surface area contributed by atoms with Crippen LogP contribution in [0.25, 0.3) is 0 Å². The summed E-state index contributed by atoms with van der Waals surface area (Å²) in [5, 5.41) is 20.6. The van der Waals surface area contributed by atoms with Gasteiger partial charge in [-0.3, -0.25) is 20.4 Å². The average Bonchev–Trinajstić information content (AvgIpc) is 2.53. The molecule has 0 aliphatic carbocycles. The van der Waals surface area contributed by atoms with Crippen LogP contribution in [0.4, 0.5) is 17.3 Å². The number of aliphatic hydroxyl groups is 1. The highest BCUT2D eigenvalue weighted by molar-refractivity contribution is 5.70. The van der Waals surface area contributed by atoms with Crippen molar-refractivity contribution in [3.05, 3.63) is 16.4 Å². The predicted octanol–water partition coefficient (Wildman–Crippen LogP) is 0.214. The second kappa shape index (κ2) is 7.69. The van der Waals surface area contributed by atoms with Gasteiger partial charge >= 0.3 is 5.69 Å². The second-order valence-corrected chi connectivity index (χ2v) is 6.70. The van der Waals surface area contributed by atoms with Crippen LogP contribution in [0.1, 0.15) is 20.8 Å². The first kappa shape index (κ1) is 18.3. The summed E-state index contributed by atoms with van der Waals surface area (Å²) in [5.74, 6) is 0.467. The van der Waals surface area contributed by atoms with Crippen LogP contribution in [0.15, 0.2) is 6.33 Å². The number of hydrazine groups is 1. The van der Waals surface area contributed by atoms with Crippen LogP contribution >= 0.6 is 0 Å². The summed E-state index contributed by atoms with van der Waals surface area (Å²) < 4.78 is 0. The number of nitrogens with one attached hydrogen (secondary N) is 2. The molecule has 0 saturated carbocycles. The van der Waals surface area contributed by atoms with Crippen molar-refractivity contribution >= 4 is 17.3 Å². The van der Waals surface area contributed by atoms with E-state index in [1.807, 2.05) is 25.7 Å². The third-order valence-electron chi connectivity index (χ3n) is 3.63. The molecule has 2 heterocycles. The van der Waals surface area contributed by atoms with Crippen molar-refractivity contribution in [2.45, 2.75) is 26.3 Å². The lowest BCUT2D eigenvalue weighted by Crippen LogP contribution is -2.47. The molecule has 2 rings (SSSR count). The van der Waals surface area contributed by atoms with Gasteiger partial charge in [0.15, 0.2) is 0 Å². The van der Waals surface area contributed by atoms with E-state index in [2.05, 4.69) is 25.7 Å². The highest BCUT2D eigenvalue weighted by Crippen LogP contribution is 2.32. The Labute approximate surface area is 141 Å². The Morgan fingerprint density at radius 3 is 2.50 bits per heavy atom. The van der Waals surface area contributed by atoms with Gasteiger partial charge in [-0.05, 0) is 20.8 Å². The number of nitrogens with zero attached hydrogens (tertiary/aromatic N) is 5. The Kier molecular flexibility index (Phi) is 5.86. The molecule has 0 unspecified atom stereocenters. The van der Waals surface area contributed by atoms with Gasteiger partial charge in [0.2, 0.25) is 11.6 Å². The molecule has 0 amide bonds. The molecule has 1 aliphatic rings. The van der Waals surface area contributed by atoms with E-state index in [0.29, 0.717) is 25.5 Å². The maximum atomic E-state index is 11.6. The number of hydrogen-bond donors (Lipinski definition) is 3. The van der Waals surface area contributed by atoms with Crippen LogP contribution in [0.2, 0.25) is 0 Å². The molecule has 10 nitrogen and oxygen atoms in total. The minimum Gasteiger partial charge on any atom is -0.395 e. The Bertz CT molecular complexity index is 568. The molecule has 1 aliphatic heterocycles. The van der Waals surface area contributed by atoms with Gasteiger partial charge in [-0.1, -0.05) is 0 Å². The van der Waals surface area contributed by atoms with Gasteiger partial charge in [-0.15, -0.1) is 0 Å². The Balaban J connectivity index is 2.19. The van der Waals surface area contributed by atoms with Crippen molar-refractivity contribution in [1.82, 2.24) is 20.3 Å². The maximum Gasteiger partial charge on any atom is 0.354 e. The van der Waals surface area contributed by atoms with Crippen LogP contribution < -0.4 is 15.8 Å². The van der Waals surface area contributed by atoms with Gasteiger partial charge in [-0.25, -0.2) is 15.4 Å². The second-order valence-electron chi connectivity index (χ2n) is 6.70. The van der Waals surface area contributed by atoms with Crippen molar-refractivity contribution in [3.63, 3.8) is 0 Å². The summed E-state index contributed by atoms with van der Waals surface area (Å²) in [7, 11) is 0. The number of rotatable bonds is 6. The van der Waals surface area contributed by atoms with Gasteiger partial charge in [0.05, 0.1) is 11.5 Å². The molecule has 3 N–H and O–H groups in total. The lowest BCUT2D eigenvalue weighted by molar-refractivity contribution is -0.383. The molecule has 134 valence electrons. The molecule has 1 fully saturated rings. The fraction of sp³-hybridized carbons (Fsp3) is 0.714. The lowest BCUT2D eigenvalue weighted by Gasteiger charge is -2.34. The first-order chi connectivity index (χ1) is 11.3. The van der Waals surface area contributed by atoms with E-state index < -0.39 is 4.92 Å². The normalized spacial score (nSPS) is 16.2. The topological polar surface area (TPSA) is 120 Å². The van der Waals surface area contributed by atoms with Crippen molar-refractivity contribution < 1.29 is 10.0 Å². The third kappa shape index (κ3) is 4.73. The number of anilines is 2. The van der Waals surface area contributed by atoms with E-state index in [4.69, 9.17) is 5.11 Å². The molecule has 1 aromatic heterocycles. The van der Waals surface area contributed by atoms with Crippen LogP contribution in [0.3, 0.4) is 0 Å². The van der Waals surface area contributed by atoms with Gasteiger partial charge in [-0.2, -0.15) is 0 Å². The minimum absolute atomic E-state index is 0.111. The largest absolute Gasteiger partial charge is 0.395 e. The Morgan fingerprint density at radius 1 is 1.29 bits per heavy atom. The highest BCUT2D eigenvalue weighted by atomic mass is 16.6. The van der Waals surface area contributed by atoms with E-state index >= 15 is 0 Å². The van der Waals surface area contributed by atoms with Crippen molar-refractivity contribution in [2.24, 2.45) is 0 Å². The van der Waals surface area contributed by atoms with Crippen LogP contribution in [0.5, 0.6) is 0 Å². The monoisotopic (exact) mass is 339 g/mol. The third-order valence-corrected chi connectivity index (χ3v) is 3.63. The quantitative estimate of drug-likeness (QED) is 0.493. The zero-order chi connectivity index (χ0) is 17.7. The van der Waals surface area contributed by atoms with E-state index in [9.17, 15) is 10.1 Å². The molecule has 10 heteroatoms. The Morgan fingerprint density at radius 2 is 1.96 bits per heavy atom. The molecule has 1 saturated heterocycles. The maximum absolute atomic E-state index is 11.6. The predicted molar refractivity (Wildman–Crippen MR) is 90.9 cm³/mol. The molecule has 0 aromatic carbocycles. The van der Waals surface area contributed by atoms with E-state index in [1.54, 1.807) is 0 Å². The van der Waals surface area contributed by atoms with E-state index in [1.165, 1.54) is 6.33 Å². The summed E-state index contributed by atoms with van der Waals surface area (Å²) in [6, 6.07) is 0. The summed E-state index contributed by atoms with van der Waals surface area (Å²) in [6.07, 6.45) is 1.33. The summed E-state index contributed by atoms with van der Waals surface area (Å²) in [5.41, 5.74) is 5.41. The van der Waals surface area contributed by atoms with Crippen molar-refractivity contribution in [3.8, 4) is 0 Å². The average molecular weight is 339 g/mol. The highest BCUT2D eigenvalue weighted by Gasteiger charge is 2.29. The molecule has 0 atom stereocenters. The smallest absolute Gasteiger partial charge is 0.354 e. The lowest BCUT2D eigenvalue weighted by atomic mass is 10.1. The van der Waals surface area contributed by atoms with Gasteiger partial charge in [0.1, 0.15) is 6.33 Å². The SMILES string of the molecule is CC(C)(C)NNc1ncnc(N2CCN(CCO)CC2)c1[N+](=O)[O-]. The number of nitro groups is 1. The fourth-order valence-corrected chi connectivity index (χ4v) is 2.43. The summed E-state index contributed by atoms with van der Waals surface area (Å²) in [6.45, 7) is 9.22. The van der Waals surface area contributed by atoms with E-state index in [-0.39, 0.29) is 23.7 Å². The van der Waals surface area contributed by atoms with Crippen LogP contribution in [-0.2, 0) is 0 Å². The number of β-amino-alcohol motifs (C(OH)–C–C–N with tert-alkyl or cyclic N) is 1. The first-order valence-electron chi connectivity index (χ1n) is 7.92. The first-order valence-corrected chi connectivity index (χ1v) is 7.92. The van der Waals surface area contributed by atoms with Crippen molar-refractivity contribution in [2.75, 3.05) is 49.7 Å². The molecule has 0 bridgehead atoms. The zero-order valence-corrected chi connectivity index (χ0v) is 14.3. The molecular weight excluding hydrogens is 314 g/mol. The van der Waals surface area contributed by atoms with Crippen molar-refractivity contribution in [1.29, 1.82) is 0 Å². The number of piperazine rings is 1. The zero-order valence-electron chi connectivity index (χ0n) is 14.3. The fourth-order valence-electron chi connectivity index (χ4n) is 2.43. The van der Waals surface area contributed by atoms with Crippen LogP contribution in [-0.4, -0.2) is 69.8 Å². The number of hydrogen-bond acceptors (Lipinski definition) is 9. The van der Waals surface area contributed by atoms with E-state index in [0.717, 1.165) is 13.1 Å². The van der Waals surface area contributed by atoms with Gasteiger partial charge < -0.3 is 10.0 Å². The number of aromatic nitrogens is 2. The van der Waals surface area contributed by atoms with Gasteiger partial charge in [0.25, 0.3) is 0 Å². The molecule has 24 heavy (non-hydrogen) atoms. The standard InChI is InChI=1S/C14H25N7O3/c1-14(2,3)18-17-12-11(21(23)24)13(16-10-15-12)20-6-4-19(5-7-20)8-9-22/h10,18,22H,4-9H2,1-3H3,(H,15,16,17). The molecule has 0 spiro atoms. The molecule has 0 radical (unpaired) electrons. The number of aliphatic hydroxyl groups excluding tert-OH is 1. The Hall–Kier alpha value is -2.04.